The number of nitrogens with zero attached hydrogens (tertiary/aromatic N) is 4. The Morgan fingerprint density at radius 1 is 1.33 bits per heavy atom. The van der Waals surface area contributed by atoms with E-state index in [2.05, 4.69) is 46.7 Å². The molecule has 0 N–H and O–H groups in total. The van der Waals surface area contributed by atoms with Gasteiger partial charge < -0.3 is 4.74 Å². The first kappa shape index (κ1) is 16.6. The third-order valence-corrected chi connectivity index (χ3v) is 4.71. The molecule has 0 amide bonds. The first-order chi connectivity index (χ1) is 11.6. The van der Waals surface area contributed by atoms with Crippen LogP contribution in [0.2, 0.25) is 0 Å². The van der Waals surface area contributed by atoms with E-state index in [-0.39, 0.29) is 0 Å². The Morgan fingerprint density at radius 3 is 2.71 bits per heavy atom. The number of methoxy groups -OCH3 is 1. The predicted octanol–water partition coefficient (Wildman–Crippen LogP) is 4.05. The molecule has 2 atom stereocenters. The largest absolute Gasteiger partial charge is 0.467 e. The summed E-state index contributed by atoms with van der Waals surface area (Å²) in [5.41, 5.74) is 5.84. The Balaban J connectivity index is 2.06. The molecule has 2 aromatic rings. The molecule has 0 aromatic carbocycles. The van der Waals surface area contributed by atoms with Crippen molar-refractivity contribution >= 4 is 5.57 Å². The Hall–Kier alpha value is -2.30. The van der Waals surface area contributed by atoms with Crippen LogP contribution in [0.1, 0.15) is 56.5 Å². The fraction of sp³-hybridized carbons (Fsp3) is 0.474. The molecule has 1 fully saturated rings. The second kappa shape index (κ2) is 6.67. The van der Waals surface area contributed by atoms with E-state index in [1.54, 1.807) is 13.3 Å². The minimum absolute atomic E-state index is 0.385. The third-order valence-electron chi connectivity index (χ3n) is 4.71. The summed E-state index contributed by atoms with van der Waals surface area (Å²) in [7, 11) is 1.58. The maximum absolute atomic E-state index is 5.13. The predicted molar refractivity (Wildman–Crippen MR) is 94.8 cm³/mol. The van der Waals surface area contributed by atoms with Gasteiger partial charge in [0, 0.05) is 11.8 Å². The maximum atomic E-state index is 5.13. The molecule has 0 radical (unpaired) electrons. The highest BCUT2D eigenvalue weighted by Gasteiger charge is 2.38. The smallest absolute Gasteiger partial charge is 0.316 e. The number of hydrogen-bond donors (Lipinski definition) is 0. The molecular weight excluding hydrogens is 300 g/mol. The molecule has 0 spiro atoms. The van der Waals surface area contributed by atoms with Crippen LogP contribution in [-0.2, 0) is 6.42 Å². The number of aryl methyl sites for hydroxylation is 1. The summed E-state index contributed by atoms with van der Waals surface area (Å²) in [6, 6.07) is 2.54. The molecule has 1 unspecified atom stereocenters. The molecule has 24 heavy (non-hydrogen) atoms. The van der Waals surface area contributed by atoms with Crippen molar-refractivity contribution in [3.05, 3.63) is 35.8 Å². The van der Waals surface area contributed by atoms with E-state index in [0.717, 1.165) is 40.6 Å². The highest BCUT2D eigenvalue weighted by molar-refractivity contribution is 5.67. The summed E-state index contributed by atoms with van der Waals surface area (Å²) in [6.07, 6.45) is 4.99. The van der Waals surface area contributed by atoms with Gasteiger partial charge in [-0.3, -0.25) is 0 Å². The molecule has 3 rings (SSSR count). The van der Waals surface area contributed by atoms with Crippen molar-refractivity contribution < 1.29 is 4.74 Å². The Labute approximate surface area is 143 Å². The van der Waals surface area contributed by atoms with E-state index in [1.807, 2.05) is 6.92 Å². The van der Waals surface area contributed by atoms with Crippen molar-refractivity contribution in [2.24, 2.45) is 5.92 Å². The fourth-order valence-electron chi connectivity index (χ4n) is 3.21. The van der Waals surface area contributed by atoms with E-state index >= 15 is 0 Å². The molecule has 1 aliphatic carbocycles. The van der Waals surface area contributed by atoms with Gasteiger partial charge in [0.25, 0.3) is 0 Å². The second-order valence-electron chi connectivity index (χ2n) is 6.40. The third kappa shape index (κ3) is 3.03. The lowest BCUT2D eigenvalue weighted by Gasteiger charge is -2.12. The summed E-state index contributed by atoms with van der Waals surface area (Å²) < 4.78 is 5.13. The molecule has 0 aliphatic heterocycles. The maximum Gasteiger partial charge on any atom is 0.316 e. The molecular formula is C19H24N4O. The molecule has 1 saturated carbocycles. The standard InChI is InChI=1S/C19H24N4O/c1-6-12-8-13(12)14-9-17(22-23-18(14)11(3)4)15-10-20-19(24-5)21-16(15)7-2/h9-10,12-13H,3,6-8H2,1-2,4-5H3/t12-,13?/m0/s1. The lowest BCUT2D eigenvalue weighted by atomic mass is 10.00. The van der Waals surface area contributed by atoms with Gasteiger partial charge in [0.2, 0.25) is 0 Å². The zero-order valence-electron chi connectivity index (χ0n) is 14.8. The summed E-state index contributed by atoms with van der Waals surface area (Å²) in [5.74, 6) is 1.32. The summed E-state index contributed by atoms with van der Waals surface area (Å²) >= 11 is 0. The van der Waals surface area contributed by atoms with Crippen molar-refractivity contribution in [2.75, 3.05) is 7.11 Å². The average molecular weight is 324 g/mol. The van der Waals surface area contributed by atoms with Gasteiger partial charge in [0.05, 0.1) is 24.2 Å². The first-order valence-corrected chi connectivity index (χ1v) is 8.52. The van der Waals surface area contributed by atoms with Crippen LogP contribution in [0.3, 0.4) is 0 Å². The highest BCUT2D eigenvalue weighted by Crippen LogP contribution is 2.51. The van der Waals surface area contributed by atoms with E-state index in [4.69, 9.17) is 4.74 Å². The van der Waals surface area contributed by atoms with E-state index in [0.29, 0.717) is 11.9 Å². The number of hydrogen-bond acceptors (Lipinski definition) is 5. The van der Waals surface area contributed by atoms with Gasteiger partial charge in [-0.05, 0) is 48.8 Å². The number of ether oxygens (including phenoxy) is 1. The minimum Gasteiger partial charge on any atom is -0.467 e. The summed E-state index contributed by atoms with van der Waals surface area (Å²) in [4.78, 5) is 8.69. The number of allylic oxidation sites excluding steroid dienone is 1. The second-order valence-corrected chi connectivity index (χ2v) is 6.40. The van der Waals surface area contributed by atoms with Crippen LogP contribution in [0, 0.1) is 5.92 Å². The van der Waals surface area contributed by atoms with E-state index in [9.17, 15) is 0 Å². The molecule has 1 aliphatic rings. The SMILES string of the molecule is C=C(C)c1nnc(-c2cnc(OC)nc2CC)cc1C1C[C@@H]1CC. The lowest BCUT2D eigenvalue weighted by Crippen LogP contribution is -2.03. The molecule has 0 bridgehead atoms. The van der Waals surface area contributed by atoms with Crippen LogP contribution in [0.15, 0.2) is 18.8 Å². The lowest BCUT2D eigenvalue weighted by molar-refractivity contribution is 0.378. The molecule has 5 nitrogen and oxygen atoms in total. The van der Waals surface area contributed by atoms with Crippen LogP contribution in [0.4, 0.5) is 0 Å². The normalized spacial score (nSPS) is 19.2. The fourth-order valence-corrected chi connectivity index (χ4v) is 3.21. The molecule has 2 aromatic heterocycles. The van der Waals surface area contributed by atoms with Crippen LogP contribution in [0.5, 0.6) is 6.01 Å². The van der Waals surface area contributed by atoms with Gasteiger partial charge in [-0.25, -0.2) is 4.98 Å². The van der Waals surface area contributed by atoms with Crippen molar-refractivity contribution in [1.29, 1.82) is 0 Å². The van der Waals surface area contributed by atoms with Crippen LogP contribution < -0.4 is 4.74 Å². The Kier molecular flexibility index (Phi) is 4.60. The molecule has 2 heterocycles. The van der Waals surface area contributed by atoms with Crippen LogP contribution in [-0.4, -0.2) is 27.3 Å². The topological polar surface area (TPSA) is 60.8 Å². The average Bonchev–Trinajstić information content (AvgIpc) is 3.40. The van der Waals surface area contributed by atoms with Crippen molar-refractivity contribution in [1.82, 2.24) is 20.2 Å². The number of rotatable bonds is 6. The minimum atomic E-state index is 0.385. The van der Waals surface area contributed by atoms with Crippen molar-refractivity contribution in [2.45, 2.75) is 46.0 Å². The quantitative estimate of drug-likeness (QED) is 0.802. The van der Waals surface area contributed by atoms with Crippen LogP contribution in [0.25, 0.3) is 16.8 Å². The van der Waals surface area contributed by atoms with E-state index < -0.39 is 0 Å². The summed E-state index contributed by atoms with van der Waals surface area (Å²) in [6.45, 7) is 10.4. The zero-order chi connectivity index (χ0) is 17.3. The molecule has 126 valence electrons. The number of aromatic nitrogens is 4. The summed E-state index contributed by atoms with van der Waals surface area (Å²) in [5, 5.41) is 8.89. The zero-order valence-corrected chi connectivity index (χ0v) is 14.8. The first-order valence-electron chi connectivity index (χ1n) is 8.52. The van der Waals surface area contributed by atoms with Gasteiger partial charge in [0.15, 0.2) is 0 Å². The van der Waals surface area contributed by atoms with Gasteiger partial charge in [-0.15, -0.1) is 10.2 Å². The monoisotopic (exact) mass is 324 g/mol. The Morgan fingerprint density at radius 2 is 2.12 bits per heavy atom. The van der Waals surface area contributed by atoms with E-state index in [1.165, 1.54) is 18.4 Å². The molecule has 5 heteroatoms. The van der Waals surface area contributed by atoms with Gasteiger partial charge in [0.1, 0.15) is 0 Å². The Bertz CT molecular complexity index is 772. The van der Waals surface area contributed by atoms with Gasteiger partial charge >= 0.3 is 6.01 Å². The van der Waals surface area contributed by atoms with Crippen molar-refractivity contribution in [3.63, 3.8) is 0 Å². The van der Waals surface area contributed by atoms with Gasteiger partial charge in [-0.2, -0.15) is 4.98 Å². The van der Waals surface area contributed by atoms with Crippen LogP contribution >= 0.6 is 0 Å². The highest BCUT2D eigenvalue weighted by atomic mass is 16.5. The van der Waals surface area contributed by atoms with Gasteiger partial charge in [-0.1, -0.05) is 26.8 Å². The molecule has 0 saturated heterocycles. The van der Waals surface area contributed by atoms with Crippen molar-refractivity contribution in [3.8, 4) is 17.3 Å².